The van der Waals surface area contributed by atoms with Crippen molar-refractivity contribution in [2.75, 3.05) is 24.6 Å². The Morgan fingerprint density at radius 2 is 1.95 bits per heavy atom. The van der Waals surface area contributed by atoms with E-state index in [4.69, 9.17) is 0 Å². The van der Waals surface area contributed by atoms with Gasteiger partial charge in [-0.2, -0.15) is 11.8 Å². The van der Waals surface area contributed by atoms with Gasteiger partial charge in [0.15, 0.2) is 0 Å². The molecule has 3 atom stereocenters. The molecule has 1 aliphatic rings. The number of rotatable bonds is 10. The summed E-state index contributed by atoms with van der Waals surface area (Å²) < 4.78 is 0. The molecule has 1 N–H and O–H groups in total. The third-order valence-corrected chi connectivity index (χ3v) is 5.71. The van der Waals surface area contributed by atoms with E-state index >= 15 is 0 Å². The zero-order valence-corrected chi connectivity index (χ0v) is 14.2. The van der Waals surface area contributed by atoms with Gasteiger partial charge in [-0.1, -0.05) is 33.6 Å². The lowest BCUT2D eigenvalue weighted by Crippen LogP contribution is -2.33. The molecule has 0 radical (unpaired) electrons. The molecule has 19 heavy (non-hydrogen) atoms. The third-order valence-electron chi connectivity index (χ3n) is 4.73. The van der Waals surface area contributed by atoms with E-state index in [1.807, 2.05) is 0 Å². The molecular weight excluding hydrogens is 250 g/mol. The van der Waals surface area contributed by atoms with Crippen LogP contribution in [0.15, 0.2) is 0 Å². The van der Waals surface area contributed by atoms with E-state index in [0.29, 0.717) is 0 Å². The standard InChI is InChI=1S/C17H35NS/c1-4-11-18-14-17-10-9-15(5-2)13-16(17)8-7-12-19-6-3/h15-18H,4-14H2,1-3H3. The zero-order chi connectivity index (χ0) is 13.9. The molecule has 1 fully saturated rings. The predicted molar refractivity (Wildman–Crippen MR) is 90.0 cm³/mol. The molecule has 0 aromatic rings. The molecule has 0 saturated heterocycles. The molecule has 0 aliphatic heterocycles. The summed E-state index contributed by atoms with van der Waals surface area (Å²) in [4.78, 5) is 0. The van der Waals surface area contributed by atoms with Crippen LogP contribution >= 0.6 is 11.8 Å². The Kier molecular flexibility index (Phi) is 10.1. The molecular formula is C17H35NS. The summed E-state index contributed by atoms with van der Waals surface area (Å²) in [5.74, 6) is 5.63. The molecule has 0 heterocycles. The fraction of sp³-hybridized carbons (Fsp3) is 1.00. The molecule has 0 aromatic heterocycles. The average Bonchev–Trinajstić information content (AvgIpc) is 2.45. The molecule has 1 nitrogen and oxygen atoms in total. The summed E-state index contributed by atoms with van der Waals surface area (Å²) in [5.41, 5.74) is 0. The minimum Gasteiger partial charge on any atom is -0.316 e. The molecule has 1 rings (SSSR count). The van der Waals surface area contributed by atoms with E-state index in [1.165, 1.54) is 69.5 Å². The zero-order valence-electron chi connectivity index (χ0n) is 13.4. The van der Waals surface area contributed by atoms with E-state index in [0.717, 1.165) is 17.8 Å². The fourth-order valence-corrected chi connectivity index (χ4v) is 4.13. The molecule has 0 amide bonds. The van der Waals surface area contributed by atoms with Crippen molar-refractivity contribution in [1.82, 2.24) is 5.32 Å². The van der Waals surface area contributed by atoms with Gasteiger partial charge in [0.05, 0.1) is 0 Å². The van der Waals surface area contributed by atoms with Crippen LogP contribution in [-0.2, 0) is 0 Å². The highest BCUT2D eigenvalue weighted by Crippen LogP contribution is 2.37. The summed E-state index contributed by atoms with van der Waals surface area (Å²) in [5, 5.41) is 3.66. The second-order valence-electron chi connectivity index (χ2n) is 6.15. The normalized spacial score (nSPS) is 27.6. The molecule has 1 aliphatic carbocycles. The van der Waals surface area contributed by atoms with Crippen LogP contribution in [-0.4, -0.2) is 24.6 Å². The van der Waals surface area contributed by atoms with Gasteiger partial charge >= 0.3 is 0 Å². The lowest BCUT2D eigenvalue weighted by molar-refractivity contribution is 0.162. The van der Waals surface area contributed by atoms with Gasteiger partial charge in [-0.3, -0.25) is 0 Å². The van der Waals surface area contributed by atoms with Crippen molar-refractivity contribution in [3.05, 3.63) is 0 Å². The van der Waals surface area contributed by atoms with Crippen LogP contribution in [0.4, 0.5) is 0 Å². The van der Waals surface area contributed by atoms with Crippen molar-refractivity contribution in [3.63, 3.8) is 0 Å². The first-order valence-electron chi connectivity index (χ1n) is 8.60. The van der Waals surface area contributed by atoms with Gasteiger partial charge in [-0.05, 0) is 74.5 Å². The molecule has 0 aromatic carbocycles. The van der Waals surface area contributed by atoms with E-state index in [2.05, 4.69) is 37.8 Å². The topological polar surface area (TPSA) is 12.0 Å². The second-order valence-corrected chi connectivity index (χ2v) is 7.54. The van der Waals surface area contributed by atoms with Crippen molar-refractivity contribution in [2.45, 2.75) is 65.7 Å². The highest BCUT2D eigenvalue weighted by Gasteiger charge is 2.28. The summed E-state index contributed by atoms with van der Waals surface area (Å²) in [6.07, 6.45) is 10.0. The van der Waals surface area contributed by atoms with Crippen molar-refractivity contribution in [1.29, 1.82) is 0 Å². The number of nitrogens with one attached hydrogen (secondary N) is 1. The molecule has 114 valence electrons. The van der Waals surface area contributed by atoms with Crippen molar-refractivity contribution >= 4 is 11.8 Å². The first-order valence-corrected chi connectivity index (χ1v) is 9.75. The van der Waals surface area contributed by atoms with Crippen molar-refractivity contribution in [2.24, 2.45) is 17.8 Å². The number of hydrogen-bond acceptors (Lipinski definition) is 2. The van der Waals surface area contributed by atoms with Crippen LogP contribution in [0.3, 0.4) is 0 Å². The lowest BCUT2D eigenvalue weighted by atomic mass is 9.71. The van der Waals surface area contributed by atoms with Gasteiger partial charge in [-0.15, -0.1) is 0 Å². The second kappa shape index (κ2) is 11.0. The van der Waals surface area contributed by atoms with E-state index in [1.54, 1.807) is 0 Å². The van der Waals surface area contributed by atoms with Gasteiger partial charge in [0, 0.05) is 0 Å². The highest BCUT2D eigenvalue weighted by molar-refractivity contribution is 7.99. The van der Waals surface area contributed by atoms with Crippen LogP contribution in [0.5, 0.6) is 0 Å². The van der Waals surface area contributed by atoms with Gasteiger partial charge in [0.1, 0.15) is 0 Å². The number of hydrogen-bond donors (Lipinski definition) is 1. The molecule has 0 bridgehead atoms. The first kappa shape index (κ1) is 17.4. The predicted octanol–water partition coefficient (Wildman–Crippen LogP) is 4.96. The smallest absolute Gasteiger partial charge is 0.00179 e. The third kappa shape index (κ3) is 7.04. The highest BCUT2D eigenvalue weighted by atomic mass is 32.2. The van der Waals surface area contributed by atoms with E-state index in [9.17, 15) is 0 Å². The van der Waals surface area contributed by atoms with Crippen molar-refractivity contribution < 1.29 is 0 Å². The maximum Gasteiger partial charge on any atom is -0.00179 e. The van der Waals surface area contributed by atoms with Crippen LogP contribution in [0.2, 0.25) is 0 Å². The molecule has 3 unspecified atom stereocenters. The first-order chi connectivity index (χ1) is 9.31. The van der Waals surface area contributed by atoms with Crippen LogP contribution in [0, 0.1) is 17.8 Å². The lowest BCUT2D eigenvalue weighted by Gasteiger charge is -2.36. The summed E-state index contributed by atoms with van der Waals surface area (Å²) in [6, 6.07) is 0. The molecule has 1 saturated carbocycles. The summed E-state index contributed by atoms with van der Waals surface area (Å²) in [6.45, 7) is 9.39. The minimum absolute atomic E-state index is 0.959. The monoisotopic (exact) mass is 285 g/mol. The molecule has 2 heteroatoms. The SMILES string of the molecule is CCCNCC1CCC(CC)CC1CCCSCC. The van der Waals surface area contributed by atoms with Crippen LogP contribution in [0.25, 0.3) is 0 Å². The Hall–Kier alpha value is 0.310. The Morgan fingerprint density at radius 1 is 1.11 bits per heavy atom. The van der Waals surface area contributed by atoms with Gasteiger partial charge in [-0.25, -0.2) is 0 Å². The van der Waals surface area contributed by atoms with E-state index in [-0.39, 0.29) is 0 Å². The molecule has 0 spiro atoms. The summed E-state index contributed by atoms with van der Waals surface area (Å²) in [7, 11) is 0. The van der Waals surface area contributed by atoms with Gasteiger partial charge in [0.25, 0.3) is 0 Å². The maximum absolute atomic E-state index is 3.66. The maximum atomic E-state index is 3.66. The van der Waals surface area contributed by atoms with Gasteiger partial charge in [0.2, 0.25) is 0 Å². The summed E-state index contributed by atoms with van der Waals surface area (Å²) >= 11 is 2.11. The Labute approximate surface area is 125 Å². The Bertz CT molecular complexity index is 205. The van der Waals surface area contributed by atoms with Gasteiger partial charge < -0.3 is 5.32 Å². The van der Waals surface area contributed by atoms with Crippen molar-refractivity contribution in [3.8, 4) is 0 Å². The largest absolute Gasteiger partial charge is 0.316 e. The average molecular weight is 286 g/mol. The Balaban J connectivity index is 2.32. The van der Waals surface area contributed by atoms with E-state index < -0.39 is 0 Å². The Morgan fingerprint density at radius 3 is 2.63 bits per heavy atom. The fourth-order valence-electron chi connectivity index (χ4n) is 3.47. The van der Waals surface area contributed by atoms with Crippen LogP contribution < -0.4 is 5.32 Å². The number of thioether (sulfide) groups is 1. The quantitative estimate of drug-likeness (QED) is 0.569. The van der Waals surface area contributed by atoms with Crippen LogP contribution in [0.1, 0.15) is 65.7 Å². The minimum atomic E-state index is 0.959.